The first-order valence-electron chi connectivity index (χ1n) is 5.69. The van der Waals surface area contributed by atoms with Crippen molar-refractivity contribution in [2.75, 3.05) is 5.32 Å². The molecule has 2 aromatic rings. The number of carbonyl (C=O) groups is 1. The molecule has 0 aliphatic heterocycles. The molecule has 0 aliphatic carbocycles. The normalized spacial score (nSPS) is 10.4. The maximum atomic E-state index is 13.8. The van der Waals surface area contributed by atoms with E-state index in [0.717, 1.165) is 8.25 Å². The first kappa shape index (κ1) is 14.6. The van der Waals surface area contributed by atoms with E-state index < -0.39 is 5.82 Å². The summed E-state index contributed by atoms with van der Waals surface area (Å²) in [5.74, 6) is -0.464. The molecule has 1 aromatic heterocycles. The fraction of sp³-hybridized carbons (Fsp3) is 0.154. The van der Waals surface area contributed by atoms with Gasteiger partial charge in [0.2, 0.25) is 0 Å². The largest absolute Gasteiger partial charge is 0.351 e. The molecule has 0 aliphatic rings. The van der Waals surface area contributed by atoms with Gasteiger partial charge < -0.3 is 5.32 Å². The van der Waals surface area contributed by atoms with Gasteiger partial charge in [-0.15, -0.1) is 0 Å². The average Bonchev–Trinajstić information content (AvgIpc) is 2.41. The van der Waals surface area contributed by atoms with Crippen LogP contribution in [0.4, 0.5) is 15.8 Å². The van der Waals surface area contributed by atoms with Crippen LogP contribution >= 0.6 is 22.6 Å². The van der Waals surface area contributed by atoms with Crippen LogP contribution in [-0.4, -0.2) is 16.1 Å². The molecule has 0 saturated carbocycles. The molecule has 0 fully saturated rings. The van der Waals surface area contributed by atoms with Crippen LogP contribution in [0.2, 0.25) is 0 Å². The van der Waals surface area contributed by atoms with E-state index in [0.29, 0.717) is 11.8 Å². The van der Waals surface area contributed by atoms with Gasteiger partial charge in [0.15, 0.2) is 6.29 Å². The number of anilines is 2. The standard InChI is InChI=1S/C13H11FIN3O2/c1-7-12(11(6-19)17-18(2)13(7)20)16-10-4-3-8(15)5-9(10)14/h3-6,16H,1-2H3. The number of carbonyl (C=O) groups excluding carboxylic acids is 1. The van der Waals surface area contributed by atoms with Crippen LogP contribution in [0.3, 0.4) is 0 Å². The lowest BCUT2D eigenvalue weighted by atomic mass is 10.2. The van der Waals surface area contributed by atoms with Gasteiger partial charge in [0.25, 0.3) is 5.56 Å². The molecule has 1 N–H and O–H groups in total. The number of hydrogen-bond acceptors (Lipinski definition) is 4. The lowest BCUT2D eigenvalue weighted by Crippen LogP contribution is -2.25. The molecule has 0 bridgehead atoms. The van der Waals surface area contributed by atoms with E-state index >= 15 is 0 Å². The highest BCUT2D eigenvalue weighted by Crippen LogP contribution is 2.24. The maximum absolute atomic E-state index is 13.8. The Morgan fingerprint density at radius 2 is 2.15 bits per heavy atom. The minimum absolute atomic E-state index is 0.0579. The second-order valence-electron chi connectivity index (χ2n) is 4.18. The quantitative estimate of drug-likeness (QED) is 0.649. The SMILES string of the molecule is Cc1c(Nc2ccc(I)cc2F)c(C=O)nn(C)c1=O. The summed E-state index contributed by atoms with van der Waals surface area (Å²) in [5.41, 5.74) is 0.434. The predicted molar refractivity (Wildman–Crippen MR) is 82.0 cm³/mol. The third-order valence-electron chi connectivity index (χ3n) is 2.81. The average molecular weight is 387 g/mol. The molecule has 0 unspecified atom stereocenters. The van der Waals surface area contributed by atoms with Gasteiger partial charge >= 0.3 is 0 Å². The Labute approximate surface area is 128 Å². The predicted octanol–water partition coefficient (Wildman–Crippen LogP) is 2.39. The Hall–Kier alpha value is -1.77. The number of rotatable bonds is 3. The zero-order valence-corrected chi connectivity index (χ0v) is 12.9. The minimum atomic E-state index is -0.464. The second-order valence-corrected chi connectivity index (χ2v) is 5.43. The second kappa shape index (κ2) is 5.70. The summed E-state index contributed by atoms with van der Waals surface area (Å²) < 4.78 is 15.7. The zero-order chi connectivity index (χ0) is 14.9. The molecule has 0 radical (unpaired) electrons. The van der Waals surface area contributed by atoms with Crippen molar-refractivity contribution in [2.45, 2.75) is 6.92 Å². The van der Waals surface area contributed by atoms with Crippen molar-refractivity contribution in [1.29, 1.82) is 0 Å². The van der Waals surface area contributed by atoms with Crippen molar-refractivity contribution in [3.8, 4) is 0 Å². The Kier molecular flexibility index (Phi) is 4.17. The number of aromatic nitrogens is 2. The molecule has 5 nitrogen and oxygen atoms in total. The molecular weight excluding hydrogens is 376 g/mol. The first-order valence-corrected chi connectivity index (χ1v) is 6.77. The minimum Gasteiger partial charge on any atom is -0.351 e. The number of hydrogen-bond donors (Lipinski definition) is 1. The van der Waals surface area contributed by atoms with Gasteiger partial charge in [0, 0.05) is 16.2 Å². The molecule has 0 saturated heterocycles. The first-order chi connectivity index (χ1) is 9.43. The van der Waals surface area contributed by atoms with Crippen molar-refractivity contribution in [3.05, 3.63) is 49.2 Å². The van der Waals surface area contributed by atoms with Gasteiger partial charge in [-0.2, -0.15) is 5.10 Å². The summed E-state index contributed by atoms with van der Waals surface area (Å²) in [4.78, 5) is 22.9. The van der Waals surface area contributed by atoms with Crippen molar-refractivity contribution in [2.24, 2.45) is 7.05 Å². The molecule has 2 rings (SSSR count). The fourth-order valence-electron chi connectivity index (χ4n) is 1.76. The highest BCUT2D eigenvalue weighted by Gasteiger charge is 2.14. The van der Waals surface area contributed by atoms with Gasteiger partial charge in [-0.05, 0) is 47.7 Å². The van der Waals surface area contributed by atoms with E-state index in [4.69, 9.17) is 0 Å². The van der Waals surface area contributed by atoms with Crippen molar-refractivity contribution in [3.63, 3.8) is 0 Å². The van der Waals surface area contributed by atoms with Gasteiger partial charge in [-0.25, -0.2) is 9.07 Å². The Balaban J connectivity index is 2.56. The zero-order valence-electron chi connectivity index (χ0n) is 10.8. The van der Waals surface area contributed by atoms with Crippen LogP contribution in [0.15, 0.2) is 23.0 Å². The summed E-state index contributed by atoms with van der Waals surface area (Å²) in [6, 6.07) is 4.62. The number of halogens is 2. The molecule has 1 aromatic carbocycles. The van der Waals surface area contributed by atoms with Crippen LogP contribution in [0.5, 0.6) is 0 Å². The van der Waals surface area contributed by atoms with Crippen molar-refractivity contribution in [1.82, 2.24) is 9.78 Å². The molecule has 0 spiro atoms. The van der Waals surface area contributed by atoms with E-state index in [1.54, 1.807) is 19.1 Å². The molecular formula is C13H11FIN3O2. The summed E-state index contributed by atoms with van der Waals surface area (Å²) in [7, 11) is 1.46. The summed E-state index contributed by atoms with van der Waals surface area (Å²) in [6.45, 7) is 1.56. The van der Waals surface area contributed by atoms with E-state index in [1.807, 2.05) is 22.6 Å². The number of nitrogens with one attached hydrogen (secondary N) is 1. The van der Waals surface area contributed by atoms with Gasteiger partial charge in [-0.3, -0.25) is 9.59 Å². The number of nitrogens with zero attached hydrogens (tertiary/aromatic N) is 2. The van der Waals surface area contributed by atoms with E-state index in [1.165, 1.54) is 13.1 Å². The summed E-state index contributed by atoms with van der Waals surface area (Å²) in [6.07, 6.45) is 0.527. The number of aldehydes is 1. The molecule has 7 heteroatoms. The topological polar surface area (TPSA) is 64.0 Å². The Morgan fingerprint density at radius 3 is 2.75 bits per heavy atom. The van der Waals surface area contributed by atoms with Crippen molar-refractivity contribution >= 4 is 40.3 Å². The van der Waals surface area contributed by atoms with E-state index in [-0.39, 0.29) is 22.6 Å². The van der Waals surface area contributed by atoms with Crippen LogP contribution in [0.1, 0.15) is 16.1 Å². The lowest BCUT2D eigenvalue weighted by molar-refractivity contribution is 0.111. The maximum Gasteiger partial charge on any atom is 0.271 e. The molecule has 0 atom stereocenters. The number of aryl methyl sites for hydroxylation is 1. The van der Waals surface area contributed by atoms with Crippen LogP contribution < -0.4 is 10.9 Å². The fourth-order valence-corrected chi connectivity index (χ4v) is 2.22. The van der Waals surface area contributed by atoms with Crippen LogP contribution in [0.25, 0.3) is 0 Å². The molecule has 0 amide bonds. The van der Waals surface area contributed by atoms with Gasteiger partial charge in [0.05, 0.1) is 11.4 Å². The van der Waals surface area contributed by atoms with E-state index in [2.05, 4.69) is 10.4 Å². The van der Waals surface area contributed by atoms with Gasteiger partial charge in [0.1, 0.15) is 11.5 Å². The molecule has 20 heavy (non-hydrogen) atoms. The Bertz CT molecular complexity index is 743. The highest BCUT2D eigenvalue weighted by molar-refractivity contribution is 14.1. The van der Waals surface area contributed by atoms with Crippen LogP contribution in [-0.2, 0) is 7.05 Å². The smallest absolute Gasteiger partial charge is 0.271 e. The number of benzene rings is 1. The molecule has 1 heterocycles. The van der Waals surface area contributed by atoms with Gasteiger partial charge in [-0.1, -0.05) is 0 Å². The lowest BCUT2D eigenvalue weighted by Gasteiger charge is -2.13. The summed E-state index contributed by atoms with van der Waals surface area (Å²) in [5, 5.41) is 6.61. The highest BCUT2D eigenvalue weighted by atomic mass is 127. The Morgan fingerprint density at radius 1 is 1.45 bits per heavy atom. The third kappa shape index (κ3) is 2.72. The van der Waals surface area contributed by atoms with Crippen LogP contribution in [0, 0.1) is 16.3 Å². The van der Waals surface area contributed by atoms with E-state index in [9.17, 15) is 14.0 Å². The monoisotopic (exact) mass is 387 g/mol. The third-order valence-corrected chi connectivity index (χ3v) is 3.48. The summed E-state index contributed by atoms with van der Waals surface area (Å²) >= 11 is 1.99. The molecule has 104 valence electrons. The van der Waals surface area contributed by atoms with Crippen molar-refractivity contribution < 1.29 is 9.18 Å².